The molecule has 2 aliphatic rings. The Hall–Kier alpha value is -2.64. The monoisotopic (exact) mass is 315 g/mol. The highest BCUT2D eigenvalue weighted by atomic mass is 16.2. The molecule has 2 bridgehead atoms. The fraction of sp³-hybridized carbons (Fsp3) is 0.467. The minimum Gasteiger partial charge on any atom is -0.336 e. The molecule has 0 aromatic carbocycles. The van der Waals surface area contributed by atoms with Crippen LogP contribution in [0.1, 0.15) is 29.4 Å². The third kappa shape index (κ3) is 1.97. The summed E-state index contributed by atoms with van der Waals surface area (Å²) in [7, 11) is 0. The topological polar surface area (TPSA) is 90.8 Å². The second kappa shape index (κ2) is 4.68. The van der Waals surface area contributed by atoms with Crippen molar-refractivity contribution in [3.63, 3.8) is 0 Å². The number of likely N-dealkylation sites (tertiary alicyclic amines) is 2. The van der Waals surface area contributed by atoms with Crippen LogP contribution in [0.15, 0.2) is 17.1 Å². The zero-order chi connectivity index (χ0) is 16.3. The first-order chi connectivity index (χ1) is 11.0. The second-order valence-electron chi connectivity index (χ2n) is 6.25. The van der Waals surface area contributed by atoms with Crippen LogP contribution in [0.4, 0.5) is 0 Å². The summed E-state index contributed by atoms with van der Waals surface area (Å²) in [5.41, 5.74) is 1.09. The SMILES string of the molecule is CC(=O)N1C[C@@H]2C[C@H]1CN2C(=O)c1c[nH]n2c(=O)cc(C)nc12. The maximum atomic E-state index is 12.9. The summed E-state index contributed by atoms with van der Waals surface area (Å²) < 4.78 is 1.27. The van der Waals surface area contributed by atoms with Crippen LogP contribution in [-0.4, -0.2) is 61.4 Å². The number of hydrogen-bond donors (Lipinski definition) is 1. The molecule has 2 aromatic heterocycles. The van der Waals surface area contributed by atoms with Crippen LogP contribution in [0.2, 0.25) is 0 Å². The van der Waals surface area contributed by atoms with E-state index in [0.29, 0.717) is 30.0 Å². The third-order valence-electron chi connectivity index (χ3n) is 4.76. The number of aromatic amines is 1. The quantitative estimate of drug-likeness (QED) is 0.787. The van der Waals surface area contributed by atoms with Gasteiger partial charge in [-0.1, -0.05) is 0 Å². The van der Waals surface area contributed by atoms with Gasteiger partial charge in [-0.25, -0.2) is 9.50 Å². The van der Waals surface area contributed by atoms with E-state index >= 15 is 0 Å². The van der Waals surface area contributed by atoms with Crippen LogP contribution in [0.25, 0.3) is 5.65 Å². The van der Waals surface area contributed by atoms with Gasteiger partial charge in [0.05, 0.1) is 12.1 Å². The fourth-order valence-electron chi connectivity index (χ4n) is 3.71. The number of rotatable bonds is 1. The van der Waals surface area contributed by atoms with Gasteiger partial charge in [0.15, 0.2) is 5.65 Å². The molecule has 1 N–H and O–H groups in total. The van der Waals surface area contributed by atoms with E-state index in [9.17, 15) is 14.4 Å². The number of nitrogens with one attached hydrogen (secondary N) is 1. The lowest BCUT2D eigenvalue weighted by Crippen LogP contribution is -2.50. The summed E-state index contributed by atoms with van der Waals surface area (Å²) in [4.78, 5) is 44.3. The minimum atomic E-state index is -0.239. The smallest absolute Gasteiger partial charge is 0.272 e. The van der Waals surface area contributed by atoms with E-state index in [1.54, 1.807) is 18.7 Å². The zero-order valence-electron chi connectivity index (χ0n) is 12.9. The first kappa shape index (κ1) is 14.0. The summed E-state index contributed by atoms with van der Waals surface area (Å²) in [6.45, 7) is 4.41. The maximum Gasteiger partial charge on any atom is 0.272 e. The van der Waals surface area contributed by atoms with E-state index < -0.39 is 0 Å². The van der Waals surface area contributed by atoms with Crippen LogP contribution in [0.5, 0.6) is 0 Å². The normalized spacial score (nSPS) is 23.0. The molecule has 0 unspecified atom stereocenters. The summed E-state index contributed by atoms with van der Waals surface area (Å²) in [5, 5.41) is 2.79. The Balaban J connectivity index is 1.67. The molecule has 2 aliphatic heterocycles. The van der Waals surface area contributed by atoms with E-state index in [1.807, 2.05) is 4.90 Å². The number of carbonyl (C=O) groups is 2. The number of aromatic nitrogens is 3. The average molecular weight is 315 g/mol. The summed E-state index contributed by atoms with van der Waals surface area (Å²) in [6.07, 6.45) is 2.35. The van der Waals surface area contributed by atoms with Gasteiger partial charge in [-0.3, -0.25) is 19.5 Å². The van der Waals surface area contributed by atoms with E-state index in [-0.39, 0.29) is 29.5 Å². The number of carbonyl (C=O) groups excluding carboxylic acids is 2. The maximum absolute atomic E-state index is 12.9. The molecule has 23 heavy (non-hydrogen) atoms. The molecule has 2 aromatic rings. The van der Waals surface area contributed by atoms with Crippen molar-refractivity contribution in [3.8, 4) is 0 Å². The highest BCUT2D eigenvalue weighted by Gasteiger charge is 2.46. The standard InChI is InChI=1S/C15H17N5O3/c1-8-3-13(22)20-14(17-8)12(5-16-20)15(23)19-7-10-4-11(19)6-18(10)9(2)21/h3,5,10-11,16H,4,6-7H2,1-2H3/t10-,11-/m0/s1. The summed E-state index contributed by atoms with van der Waals surface area (Å²) >= 11 is 0. The summed E-state index contributed by atoms with van der Waals surface area (Å²) in [6, 6.07) is 1.56. The molecular weight excluding hydrogens is 298 g/mol. The van der Waals surface area contributed by atoms with Crippen LogP contribution in [0.3, 0.4) is 0 Å². The largest absolute Gasteiger partial charge is 0.336 e. The fourth-order valence-corrected chi connectivity index (χ4v) is 3.71. The van der Waals surface area contributed by atoms with Crippen molar-refractivity contribution in [1.82, 2.24) is 24.4 Å². The van der Waals surface area contributed by atoms with Crippen molar-refractivity contribution in [2.75, 3.05) is 13.1 Å². The van der Waals surface area contributed by atoms with Gasteiger partial charge in [0.25, 0.3) is 11.5 Å². The predicted molar refractivity (Wildman–Crippen MR) is 81.2 cm³/mol. The molecule has 2 amide bonds. The number of piperazine rings is 1. The van der Waals surface area contributed by atoms with Gasteiger partial charge in [0.2, 0.25) is 5.91 Å². The Kier molecular flexibility index (Phi) is 2.84. The van der Waals surface area contributed by atoms with E-state index in [1.165, 1.54) is 16.8 Å². The Labute approximate surface area is 131 Å². The number of fused-ring (bicyclic) bond motifs is 3. The van der Waals surface area contributed by atoms with Crippen molar-refractivity contribution < 1.29 is 9.59 Å². The summed E-state index contributed by atoms with van der Waals surface area (Å²) in [5.74, 6) is -0.0857. The van der Waals surface area contributed by atoms with E-state index in [0.717, 1.165) is 6.42 Å². The van der Waals surface area contributed by atoms with Gasteiger partial charge in [-0.15, -0.1) is 0 Å². The molecular formula is C15H17N5O3. The highest BCUT2D eigenvalue weighted by Crippen LogP contribution is 2.32. The highest BCUT2D eigenvalue weighted by molar-refractivity contribution is 6.00. The Morgan fingerprint density at radius 1 is 1.26 bits per heavy atom. The van der Waals surface area contributed by atoms with Gasteiger partial charge < -0.3 is 9.80 Å². The van der Waals surface area contributed by atoms with Crippen molar-refractivity contribution >= 4 is 17.5 Å². The molecule has 0 saturated carbocycles. The number of hydrogen-bond acceptors (Lipinski definition) is 4. The molecule has 0 spiro atoms. The molecule has 0 aliphatic carbocycles. The average Bonchev–Trinajstić information content (AvgIpc) is 3.18. The molecule has 2 atom stereocenters. The molecule has 8 nitrogen and oxygen atoms in total. The lowest BCUT2D eigenvalue weighted by Gasteiger charge is -2.33. The van der Waals surface area contributed by atoms with Crippen LogP contribution in [0, 0.1) is 6.92 Å². The van der Waals surface area contributed by atoms with Gasteiger partial charge in [0, 0.05) is 38.0 Å². The van der Waals surface area contributed by atoms with Gasteiger partial charge in [-0.2, -0.15) is 0 Å². The van der Waals surface area contributed by atoms with Crippen molar-refractivity contribution in [2.45, 2.75) is 32.4 Å². The Morgan fingerprint density at radius 3 is 2.61 bits per heavy atom. The van der Waals surface area contributed by atoms with Crippen LogP contribution >= 0.6 is 0 Å². The Bertz CT molecular complexity index is 883. The van der Waals surface area contributed by atoms with Gasteiger partial charge in [-0.05, 0) is 13.3 Å². The molecule has 2 fully saturated rings. The van der Waals surface area contributed by atoms with Crippen LogP contribution in [-0.2, 0) is 4.79 Å². The van der Waals surface area contributed by atoms with Crippen LogP contribution < -0.4 is 5.56 Å². The first-order valence-electron chi connectivity index (χ1n) is 7.61. The lowest BCUT2D eigenvalue weighted by molar-refractivity contribution is -0.130. The predicted octanol–water partition coefficient (Wildman–Crippen LogP) is -0.224. The van der Waals surface area contributed by atoms with E-state index in [2.05, 4.69) is 10.1 Å². The van der Waals surface area contributed by atoms with Gasteiger partial charge in [0.1, 0.15) is 5.56 Å². The second-order valence-corrected chi connectivity index (χ2v) is 6.25. The van der Waals surface area contributed by atoms with Crippen molar-refractivity contribution in [1.29, 1.82) is 0 Å². The molecule has 0 radical (unpaired) electrons. The number of aryl methyl sites for hydroxylation is 1. The zero-order valence-corrected chi connectivity index (χ0v) is 12.9. The van der Waals surface area contributed by atoms with Crippen molar-refractivity contribution in [3.05, 3.63) is 33.9 Å². The van der Waals surface area contributed by atoms with E-state index in [4.69, 9.17) is 0 Å². The van der Waals surface area contributed by atoms with Crippen molar-refractivity contribution in [2.24, 2.45) is 0 Å². The lowest BCUT2D eigenvalue weighted by atomic mass is 10.2. The number of nitrogens with zero attached hydrogens (tertiary/aromatic N) is 4. The molecule has 4 rings (SSSR count). The minimum absolute atomic E-state index is 0.0443. The molecule has 4 heterocycles. The molecule has 2 saturated heterocycles. The Morgan fingerprint density at radius 2 is 1.96 bits per heavy atom. The van der Waals surface area contributed by atoms with Gasteiger partial charge >= 0.3 is 0 Å². The molecule has 120 valence electrons. The number of amides is 2. The molecule has 8 heteroatoms. The number of H-pyrrole nitrogens is 1. The third-order valence-corrected chi connectivity index (χ3v) is 4.76. The first-order valence-corrected chi connectivity index (χ1v) is 7.61.